The van der Waals surface area contributed by atoms with Gasteiger partial charge in [-0.15, -0.1) is 0 Å². The summed E-state index contributed by atoms with van der Waals surface area (Å²) >= 11 is 0. The van der Waals surface area contributed by atoms with Gasteiger partial charge in [0, 0.05) is 19.3 Å². The zero-order valence-corrected chi connectivity index (χ0v) is 40.2. The van der Waals surface area contributed by atoms with Crippen molar-refractivity contribution in [3.05, 3.63) is 0 Å². The van der Waals surface area contributed by atoms with Crippen LogP contribution in [0.2, 0.25) is 0 Å². The molecule has 0 aliphatic rings. The summed E-state index contributed by atoms with van der Waals surface area (Å²) in [6.07, 6.45) is 49.6. The maximum atomic E-state index is 12.7. The lowest BCUT2D eigenvalue weighted by Gasteiger charge is -2.18. The van der Waals surface area contributed by atoms with Crippen molar-refractivity contribution in [2.24, 2.45) is 5.92 Å². The third-order valence-electron chi connectivity index (χ3n) is 12.0. The van der Waals surface area contributed by atoms with Gasteiger partial charge in [-0.05, 0) is 25.2 Å². The molecule has 0 aromatic heterocycles. The van der Waals surface area contributed by atoms with E-state index in [4.69, 9.17) is 14.2 Å². The quantitative estimate of drug-likeness (QED) is 0.0345. The first-order valence-electron chi connectivity index (χ1n) is 26.4. The average molecular weight is 835 g/mol. The second-order valence-electron chi connectivity index (χ2n) is 18.6. The van der Waals surface area contributed by atoms with Crippen molar-refractivity contribution in [1.29, 1.82) is 0 Å². The summed E-state index contributed by atoms with van der Waals surface area (Å²) < 4.78 is 16.7. The summed E-state index contributed by atoms with van der Waals surface area (Å²) in [5.74, 6) is 0.00877. The Morgan fingerprint density at radius 1 is 0.322 bits per heavy atom. The maximum absolute atomic E-state index is 12.7. The van der Waals surface area contributed by atoms with Gasteiger partial charge in [0.05, 0.1) is 0 Å². The van der Waals surface area contributed by atoms with E-state index in [2.05, 4.69) is 27.7 Å². The molecule has 0 N–H and O–H groups in total. The molecule has 59 heavy (non-hydrogen) atoms. The van der Waals surface area contributed by atoms with E-state index in [-0.39, 0.29) is 31.1 Å². The Kier molecular flexibility index (Phi) is 46.2. The van der Waals surface area contributed by atoms with E-state index in [9.17, 15) is 14.4 Å². The Hall–Kier alpha value is -1.59. The smallest absolute Gasteiger partial charge is 0.306 e. The molecule has 1 atom stereocenters. The van der Waals surface area contributed by atoms with Crippen molar-refractivity contribution in [2.75, 3.05) is 13.2 Å². The second kappa shape index (κ2) is 47.5. The lowest BCUT2D eigenvalue weighted by molar-refractivity contribution is -0.167. The molecule has 0 aliphatic heterocycles. The van der Waals surface area contributed by atoms with E-state index in [1.54, 1.807) is 0 Å². The Morgan fingerprint density at radius 3 is 0.831 bits per heavy atom. The topological polar surface area (TPSA) is 78.9 Å². The molecule has 6 heteroatoms. The predicted molar refractivity (Wildman–Crippen MR) is 252 cm³/mol. The average Bonchev–Trinajstić information content (AvgIpc) is 3.22. The van der Waals surface area contributed by atoms with Gasteiger partial charge < -0.3 is 14.2 Å². The maximum Gasteiger partial charge on any atom is 0.306 e. The molecule has 0 rings (SSSR count). The van der Waals surface area contributed by atoms with Crippen LogP contribution in [-0.4, -0.2) is 37.2 Å². The van der Waals surface area contributed by atoms with Crippen molar-refractivity contribution in [3.8, 4) is 0 Å². The largest absolute Gasteiger partial charge is 0.462 e. The number of rotatable bonds is 48. The van der Waals surface area contributed by atoms with Crippen LogP contribution in [0.1, 0.15) is 297 Å². The van der Waals surface area contributed by atoms with Crippen LogP contribution in [0.25, 0.3) is 0 Å². The number of ether oxygens (including phenoxy) is 3. The molecular formula is C53H102O6. The van der Waals surface area contributed by atoms with Gasteiger partial charge in [-0.2, -0.15) is 0 Å². The molecule has 0 saturated carbocycles. The highest BCUT2D eigenvalue weighted by Gasteiger charge is 2.19. The van der Waals surface area contributed by atoms with E-state index in [1.807, 2.05) is 0 Å². The van der Waals surface area contributed by atoms with Gasteiger partial charge in [-0.25, -0.2) is 0 Å². The molecule has 0 heterocycles. The standard InChI is InChI=1S/C53H102O6/c1-5-7-9-11-13-14-15-22-27-30-34-38-42-46-53(56)59-50(47-57-51(54)44-40-36-31-12-10-8-6-2)48-58-52(55)45-41-37-33-29-26-24-21-19-17-16-18-20-23-25-28-32-35-39-43-49(3)4/h49-50H,5-48H2,1-4H3/t50-/m1/s1. The van der Waals surface area contributed by atoms with Crippen molar-refractivity contribution in [3.63, 3.8) is 0 Å². The van der Waals surface area contributed by atoms with Crippen molar-refractivity contribution in [2.45, 2.75) is 303 Å². The van der Waals surface area contributed by atoms with Gasteiger partial charge in [-0.1, -0.05) is 259 Å². The van der Waals surface area contributed by atoms with Gasteiger partial charge in [0.25, 0.3) is 0 Å². The molecule has 0 amide bonds. The van der Waals surface area contributed by atoms with Crippen molar-refractivity contribution in [1.82, 2.24) is 0 Å². The molecule has 350 valence electrons. The fraction of sp³-hybridized carbons (Fsp3) is 0.943. The molecule has 0 aromatic carbocycles. The van der Waals surface area contributed by atoms with E-state index in [0.717, 1.165) is 63.7 Å². The van der Waals surface area contributed by atoms with Crippen LogP contribution in [0, 0.1) is 5.92 Å². The van der Waals surface area contributed by atoms with Crippen LogP contribution in [-0.2, 0) is 28.6 Å². The SMILES string of the molecule is CCCCCCCCCCCCCCCC(=O)O[C@H](COC(=O)CCCCCCCCC)COC(=O)CCCCCCCCCCCCCCCCCCCCC(C)C. The Morgan fingerprint density at radius 2 is 0.559 bits per heavy atom. The highest BCUT2D eigenvalue weighted by Crippen LogP contribution is 2.17. The lowest BCUT2D eigenvalue weighted by Crippen LogP contribution is -2.30. The second-order valence-corrected chi connectivity index (χ2v) is 18.6. The van der Waals surface area contributed by atoms with Gasteiger partial charge in [0.15, 0.2) is 6.10 Å². The van der Waals surface area contributed by atoms with E-state index in [1.165, 1.54) is 193 Å². The third kappa shape index (κ3) is 47.3. The third-order valence-corrected chi connectivity index (χ3v) is 12.0. The summed E-state index contributed by atoms with van der Waals surface area (Å²) in [6, 6.07) is 0. The fourth-order valence-electron chi connectivity index (χ4n) is 8.04. The van der Waals surface area contributed by atoms with E-state index < -0.39 is 6.10 Å². The summed E-state index contributed by atoms with van der Waals surface area (Å²) in [5.41, 5.74) is 0. The number of hydrogen-bond donors (Lipinski definition) is 0. The minimum absolute atomic E-state index is 0.0629. The van der Waals surface area contributed by atoms with Crippen LogP contribution in [0.15, 0.2) is 0 Å². The molecule has 0 aromatic rings. The lowest BCUT2D eigenvalue weighted by atomic mass is 10.0. The van der Waals surface area contributed by atoms with Crippen LogP contribution in [0.5, 0.6) is 0 Å². The number of carbonyl (C=O) groups excluding carboxylic acids is 3. The molecule has 0 aliphatic carbocycles. The van der Waals surface area contributed by atoms with Gasteiger partial charge in [-0.3, -0.25) is 14.4 Å². The molecular weight excluding hydrogens is 733 g/mol. The summed E-state index contributed by atoms with van der Waals surface area (Å²) in [5, 5.41) is 0. The minimum Gasteiger partial charge on any atom is -0.462 e. The van der Waals surface area contributed by atoms with Crippen LogP contribution < -0.4 is 0 Å². The predicted octanol–water partition coefficient (Wildman–Crippen LogP) is 17.1. The zero-order chi connectivity index (χ0) is 43.1. The minimum atomic E-state index is -0.759. The first kappa shape index (κ1) is 57.4. The first-order chi connectivity index (χ1) is 28.9. The summed E-state index contributed by atoms with van der Waals surface area (Å²) in [7, 11) is 0. The number of hydrogen-bond acceptors (Lipinski definition) is 6. The highest BCUT2D eigenvalue weighted by molar-refractivity contribution is 5.71. The zero-order valence-electron chi connectivity index (χ0n) is 40.2. The Labute approximate surface area is 368 Å². The van der Waals surface area contributed by atoms with Crippen molar-refractivity contribution >= 4 is 17.9 Å². The van der Waals surface area contributed by atoms with Gasteiger partial charge in [0.2, 0.25) is 0 Å². The molecule has 0 spiro atoms. The van der Waals surface area contributed by atoms with Crippen LogP contribution >= 0.6 is 0 Å². The molecule has 6 nitrogen and oxygen atoms in total. The molecule has 0 radical (unpaired) electrons. The van der Waals surface area contributed by atoms with Gasteiger partial charge >= 0.3 is 17.9 Å². The fourth-order valence-corrected chi connectivity index (χ4v) is 8.04. The van der Waals surface area contributed by atoms with E-state index in [0.29, 0.717) is 19.3 Å². The molecule has 0 saturated heterocycles. The molecule has 0 fully saturated rings. The van der Waals surface area contributed by atoms with Crippen LogP contribution in [0.3, 0.4) is 0 Å². The van der Waals surface area contributed by atoms with Gasteiger partial charge in [0.1, 0.15) is 13.2 Å². The summed E-state index contributed by atoms with van der Waals surface area (Å²) in [6.45, 7) is 9.01. The first-order valence-corrected chi connectivity index (χ1v) is 26.4. The Bertz CT molecular complexity index is 887. The monoisotopic (exact) mass is 835 g/mol. The number of esters is 3. The highest BCUT2D eigenvalue weighted by atomic mass is 16.6. The Balaban J connectivity index is 4.12. The summed E-state index contributed by atoms with van der Waals surface area (Å²) in [4.78, 5) is 37.8. The normalized spacial score (nSPS) is 11.9. The van der Waals surface area contributed by atoms with E-state index >= 15 is 0 Å². The van der Waals surface area contributed by atoms with Crippen molar-refractivity contribution < 1.29 is 28.6 Å². The molecule has 0 unspecified atom stereocenters. The van der Waals surface area contributed by atoms with Crippen LogP contribution in [0.4, 0.5) is 0 Å². The number of unbranched alkanes of at least 4 members (excludes halogenated alkanes) is 35. The number of carbonyl (C=O) groups is 3. The molecule has 0 bridgehead atoms.